The van der Waals surface area contributed by atoms with Gasteiger partial charge in [0.15, 0.2) is 0 Å². The Morgan fingerprint density at radius 2 is 0.182 bits per heavy atom. The van der Waals surface area contributed by atoms with Gasteiger partial charge in [-0.05, 0) is 146 Å². The molecule has 5 heteroatoms. The van der Waals surface area contributed by atoms with Crippen molar-refractivity contribution < 1.29 is 20.9 Å². The summed E-state index contributed by atoms with van der Waals surface area (Å²) < 4.78 is 0. The van der Waals surface area contributed by atoms with Gasteiger partial charge in [0.2, 0.25) is 0 Å². The van der Waals surface area contributed by atoms with Crippen molar-refractivity contribution >= 4 is 95.3 Å². The first-order valence-corrected chi connectivity index (χ1v) is 31.9. The molecule has 0 nitrogen and oxygen atoms in total. The van der Waals surface area contributed by atoms with Crippen LogP contribution in [-0.4, -0.2) is 0 Å². The van der Waals surface area contributed by atoms with Crippen molar-refractivity contribution in [1.29, 1.82) is 0 Å². The van der Waals surface area contributed by atoms with Gasteiger partial charge in [-0.25, -0.2) is 0 Å². The summed E-state index contributed by atoms with van der Waals surface area (Å²) in [6.07, 6.45) is 0. The Morgan fingerprint density at radius 1 is 0.117 bits per heavy atom. The van der Waals surface area contributed by atoms with E-state index < -0.39 is 31.7 Å². The van der Waals surface area contributed by atoms with Gasteiger partial charge >= 0.3 is 0 Å². The first-order chi connectivity index (χ1) is 37.8. The molecule has 0 spiro atoms. The van der Waals surface area contributed by atoms with E-state index in [1.54, 1.807) is 0 Å². The van der Waals surface area contributed by atoms with E-state index in [9.17, 15) is 0 Å². The van der Waals surface area contributed by atoms with Crippen LogP contribution in [0.2, 0.25) is 0 Å². The normalized spacial score (nSPS) is 10.4. The van der Waals surface area contributed by atoms with E-state index in [-0.39, 0.29) is 20.9 Å². The zero-order valence-electron chi connectivity index (χ0n) is 44.0. The van der Waals surface area contributed by atoms with Crippen molar-refractivity contribution in [2.45, 2.75) is 0 Å². The summed E-state index contributed by atoms with van der Waals surface area (Å²) in [5.41, 5.74) is 0. The minimum atomic E-state index is -0.877. The molecule has 0 bridgehead atoms. The number of rotatable bonds is 12. The molecule has 0 amide bonds. The fraction of sp³-hybridized carbons (Fsp3) is 0. The van der Waals surface area contributed by atoms with Crippen LogP contribution >= 0.6 is 31.7 Å². The standard InChI is InChI=1S/4C18H15P.Rh.H/c4*1-4-10-16(11-5-1)19(17-12-6-2-7-13-17)18-14-8-3-9-15-18;;/h4*1-15H;;/q;;;;;-1/p+4. The summed E-state index contributed by atoms with van der Waals surface area (Å²) in [4.78, 5) is 0. The molecule has 77 heavy (non-hydrogen) atoms. The van der Waals surface area contributed by atoms with Crippen molar-refractivity contribution in [1.82, 2.24) is 0 Å². The van der Waals surface area contributed by atoms with Gasteiger partial charge in [-0.3, -0.25) is 0 Å². The largest absolute Gasteiger partial charge is 1.00 e. The predicted molar refractivity (Wildman–Crippen MR) is 347 cm³/mol. The monoisotopic (exact) mass is 1160 g/mol. The molecule has 0 heterocycles. The molecule has 0 aliphatic heterocycles. The van der Waals surface area contributed by atoms with Crippen molar-refractivity contribution in [3.8, 4) is 0 Å². The van der Waals surface area contributed by atoms with E-state index in [1.807, 2.05) is 0 Å². The van der Waals surface area contributed by atoms with Crippen molar-refractivity contribution in [3.05, 3.63) is 364 Å². The molecule has 0 aromatic heterocycles. The molecule has 0 saturated carbocycles. The molecule has 379 valence electrons. The minimum Gasteiger partial charge on any atom is -1.00 e. The predicted octanol–water partition coefficient (Wildman–Crippen LogP) is 12.8. The van der Waals surface area contributed by atoms with Crippen LogP contribution in [0, 0.1) is 0 Å². The van der Waals surface area contributed by atoms with Crippen molar-refractivity contribution in [3.63, 3.8) is 0 Å². The van der Waals surface area contributed by atoms with E-state index in [2.05, 4.69) is 364 Å². The fourth-order valence-electron chi connectivity index (χ4n) is 9.26. The molecular weight excluding hydrogens is 1090 g/mol. The van der Waals surface area contributed by atoms with Gasteiger partial charge in [-0.15, -0.1) is 0 Å². The maximum Gasteiger partial charge on any atom is 0.102 e. The SMILES string of the molecule is [H-].[Rh].c1ccc([PH+](c2ccccc2)c2ccccc2)cc1.c1ccc([PH+](c2ccccc2)c2ccccc2)cc1.c1ccc([PH+](c2ccccc2)c2ccccc2)cc1.c1ccc([PH+](c2ccccc2)c2ccccc2)cc1. The summed E-state index contributed by atoms with van der Waals surface area (Å²) in [5, 5.41) is 17.2. The molecule has 1 radical (unpaired) electrons. The third-order valence-corrected chi connectivity index (χ3v) is 23.7. The van der Waals surface area contributed by atoms with Crippen LogP contribution in [0.15, 0.2) is 364 Å². The molecule has 0 unspecified atom stereocenters. The fourth-order valence-corrected chi connectivity index (χ4v) is 19.6. The van der Waals surface area contributed by atoms with E-state index in [0.29, 0.717) is 0 Å². The van der Waals surface area contributed by atoms with E-state index in [0.717, 1.165) is 0 Å². The van der Waals surface area contributed by atoms with Crippen LogP contribution in [0.25, 0.3) is 0 Å². The molecule has 12 rings (SSSR count). The topological polar surface area (TPSA) is 0 Å². The quantitative estimate of drug-likeness (QED) is 0.0845. The second kappa shape index (κ2) is 31.3. The Labute approximate surface area is 476 Å². The van der Waals surface area contributed by atoms with Crippen LogP contribution in [-0.2, 0) is 19.5 Å². The molecule has 0 aliphatic rings. The maximum absolute atomic E-state index is 2.24. The summed E-state index contributed by atoms with van der Waals surface area (Å²) in [6.45, 7) is 0. The van der Waals surface area contributed by atoms with E-state index in [4.69, 9.17) is 0 Å². The third kappa shape index (κ3) is 16.5. The Hall–Kier alpha value is -7.02. The van der Waals surface area contributed by atoms with Crippen LogP contribution in [0.5, 0.6) is 0 Å². The van der Waals surface area contributed by atoms with Gasteiger partial charge in [0.05, 0.1) is 31.7 Å². The molecule has 0 aliphatic carbocycles. The molecular formula is C72H65P4Rh+3. The number of hydrogen-bond acceptors (Lipinski definition) is 0. The van der Waals surface area contributed by atoms with Gasteiger partial charge in [-0.2, -0.15) is 0 Å². The first-order valence-electron chi connectivity index (χ1n) is 25.9. The average Bonchev–Trinajstić information content (AvgIpc) is 3.51. The molecule has 0 N–H and O–H groups in total. The second-order valence-electron chi connectivity index (χ2n) is 17.9. The smallest absolute Gasteiger partial charge is 0.102 e. The van der Waals surface area contributed by atoms with Crippen molar-refractivity contribution in [2.75, 3.05) is 0 Å². The van der Waals surface area contributed by atoms with Crippen LogP contribution < -0.4 is 63.7 Å². The van der Waals surface area contributed by atoms with Crippen LogP contribution in [0.4, 0.5) is 0 Å². The minimum absolute atomic E-state index is 0. The van der Waals surface area contributed by atoms with Gasteiger partial charge in [-0.1, -0.05) is 218 Å². The third-order valence-electron chi connectivity index (χ3n) is 12.7. The Kier molecular flexibility index (Phi) is 22.8. The van der Waals surface area contributed by atoms with Crippen LogP contribution in [0.3, 0.4) is 0 Å². The first kappa shape index (κ1) is 56.2. The van der Waals surface area contributed by atoms with Gasteiger partial charge in [0.1, 0.15) is 63.7 Å². The molecule has 0 atom stereocenters. The van der Waals surface area contributed by atoms with Crippen LogP contribution in [0.1, 0.15) is 1.43 Å². The summed E-state index contributed by atoms with van der Waals surface area (Å²) in [5.74, 6) is 0. The van der Waals surface area contributed by atoms with Gasteiger partial charge in [0.25, 0.3) is 0 Å². The summed E-state index contributed by atoms with van der Waals surface area (Å²) in [6, 6.07) is 130. The molecule has 12 aromatic rings. The zero-order chi connectivity index (χ0) is 51.7. The molecule has 12 aromatic carbocycles. The summed E-state index contributed by atoms with van der Waals surface area (Å²) in [7, 11) is -3.51. The zero-order valence-corrected chi connectivity index (χ0v) is 48.6. The van der Waals surface area contributed by atoms with Gasteiger partial charge < -0.3 is 1.43 Å². The van der Waals surface area contributed by atoms with E-state index >= 15 is 0 Å². The average molecular weight is 1160 g/mol. The molecule has 0 fully saturated rings. The van der Waals surface area contributed by atoms with Gasteiger partial charge in [0, 0.05) is 19.5 Å². The maximum atomic E-state index is 2.24. The number of benzene rings is 12. The molecule has 0 saturated heterocycles. The van der Waals surface area contributed by atoms with E-state index in [1.165, 1.54) is 63.7 Å². The summed E-state index contributed by atoms with van der Waals surface area (Å²) >= 11 is 0. The second-order valence-corrected chi connectivity index (χ2v) is 27.8. The Bertz CT molecular complexity index is 2580. The number of hydrogen-bond donors (Lipinski definition) is 0. The Morgan fingerprint density at radius 3 is 0.247 bits per heavy atom. The van der Waals surface area contributed by atoms with Crippen molar-refractivity contribution in [2.24, 2.45) is 0 Å². The Balaban J connectivity index is 0.000000149.